The number of para-hydroxylation sites is 1. The van der Waals surface area contributed by atoms with Gasteiger partial charge < -0.3 is 9.52 Å². The van der Waals surface area contributed by atoms with Crippen molar-refractivity contribution in [3.05, 3.63) is 48.2 Å². The fraction of sp³-hybridized carbons (Fsp3) is 0. The number of furan rings is 1. The number of carbonyl (C=O) groups is 1. The molecule has 4 nitrogen and oxygen atoms in total. The molecule has 0 bridgehead atoms. The van der Waals surface area contributed by atoms with Crippen LogP contribution >= 0.6 is 11.3 Å². The monoisotopic (exact) mass is 271 g/mol. The minimum atomic E-state index is -1.00. The Morgan fingerprint density at radius 2 is 2.11 bits per heavy atom. The summed E-state index contributed by atoms with van der Waals surface area (Å²) in [6.45, 7) is 0. The number of carboxylic acid groups (broad SMARTS) is 1. The predicted molar refractivity (Wildman–Crippen MR) is 74.0 cm³/mol. The van der Waals surface area contributed by atoms with Crippen LogP contribution in [-0.4, -0.2) is 16.1 Å². The Hall–Kier alpha value is -2.40. The van der Waals surface area contributed by atoms with Gasteiger partial charge in [0.1, 0.15) is 5.76 Å². The van der Waals surface area contributed by atoms with Crippen molar-refractivity contribution in [2.45, 2.75) is 0 Å². The van der Waals surface area contributed by atoms with Gasteiger partial charge in [-0.25, -0.2) is 9.78 Å². The molecule has 0 aliphatic heterocycles. The van der Waals surface area contributed by atoms with E-state index in [9.17, 15) is 4.79 Å². The zero-order chi connectivity index (χ0) is 13.2. The second-order valence-corrected chi connectivity index (χ2v) is 4.89. The molecule has 1 aromatic carbocycles. The number of nitrogens with zero attached hydrogens (tertiary/aromatic N) is 1. The van der Waals surface area contributed by atoms with Crippen molar-refractivity contribution in [3.63, 3.8) is 0 Å². The maximum Gasteiger partial charge on any atom is 0.328 e. The molecule has 0 aliphatic rings. The summed E-state index contributed by atoms with van der Waals surface area (Å²) in [6, 6.07) is 11.4. The van der Waals surface area contributed by atoms with E-state index in [-0.39, 0.29) is 0 Å². The van der Waals surface area contributed by atoms with E-state index in [4.69, 9.17) is 9.52 Å². The van der Waals surface area contributed by atoms with Crippen LogP contribution in [0.25, 0.3) is 27.1 Å². The van der Waals surface area contributed by atoms with Gasteiger partial charge in [0.15, 0.2) is 10.8 Å². The van der Waals surface area contributed by atoms with E-state index >= 15 is 0 Å². The minimum absolute atomic E-state index is 0.497. The smallest absolute Gasteiger partial charge is 0.328 e. The minimum Gasteiger partial charge on any atom is -0.478 e. The summed E-state index contributed by atoms with van der Waals surface area (Å²) in [4.78, 5) is 14.9. The fourth-order valence-corrected chi connectivity index (χ4v) is 2.62. The third-order valence-corrected chi connectivity index (χ3v) is 3.57. The number of carboxylic acids is 1. The van der Waals surface area contributed by atoms with Crippen LogP contribution in [0.3, 0.4) is 0 Å². The average Bonchev–Trinajstić information content (AvgIpc) is 3.02. The maximum absolute atomic E-state index is 10.4. The van der Waals surface area contributed by atoms with Crippen LogP contribution in [0.1, 0.15) is 5.76 Å². The molecule has 2 heterocycles. The van der Waals surface area contributed by atoms with E-state index in [1.807, 2.05) is 24.3 Å². The highest BCUT2D eigenvalue weighted by Crippen LogP contribution is 2.31. The lowest BCUT2D eigenvalue weighted by Gasteiger charge is -1.87. The van der Waals surface area contributed by atoms with Crippen LogP contribution in [0.5, 0.6) is 0 Å². The van der Waals surface area contributed by atoms with Gasteiger partial charge in [0, 0.05) is 6.08 Å². The van der Waals surface area contributed by atoms with Gasteiger partial charge >= 0.3 is 5.97 Å². The SMILES string of the molecule is O=C(O)/C=C/c1ccc(-c2nc3ccccc3s2)o1. The first-order valence-electron chi connectivity index (χ1n) is 5.59. The molecule has 0 amide bonds. The second kappa shape index (κ2) is 4.70. The van der Waals surface area contributed by atoms with Crippen LogP contribution < -0.4 is 0 Å². The predicted octanol–water partition coefficient (Wildman–Crippen LogP) is 3.65. The van der Waals surface area contributed by atoms with Gasteiger partial charge in [-0.15, -0.1) is 11.3 Å². The molecular weight excluding hydrogens is 262 g/mol. The van der Waals surface area contributed by atoms with Gasteiger partial charge in [0.05, 0.1) is 10.2 Å². The molecule has 94 valence electrons. The Morgan fingerprint density at radius 1 is 1.26 bits per heavy atom. The third-order valence-electron chi connectivity index (χ3n) is 2.52. The highest BCUT2D eigenvalue weighted by atomic mass is 32.1. The van der Waals surface area contributed by atoms with Gasteiger partial charge in [-0.1, -0.05) is 12.1 Å². The number of benzene rings is 1. The molecule has 0 aliphatic carbocycles. The highest BCUT2D eigenvalue weighted by molar-refractivity contribution is 7.21. The summed E-state index contributed by atoms with van der Waals surface area (Å²) in [5, 5.41) is 9.34. The molecule has 0 spiro atoms. The number of rotatable bonds is 3. The second-order valence-electron chi connectivity index (χ2n) is 3.86. The van der Waals surface area contributed by atoms with E-state index in [2.05, 4.69) is 4.98 Å². The summed E-state index contributed by atoms with van der Waals surface area (Å²) < 4.78 is 6.64. The Kier molecular flexibility index (Phi) is 2.89. The van der Waals surface area contributed by atoms with Gasteiger partial charge in [-0.2, -0.15) is 0 Å². The van der Waals surface area contributed by atoms with Gasteiger partial charge in [0.25, 0.3) is 0 Å². The average molecular weight is 271 g/mol. The molecular formula is C14H9NO3S. The van der Waals surface area contributed by atoms with Crippen LogP contribution in [0.15, 0.2) is 46.9 Å². The Balaban J connectivity index is 1.96. The lowest BCUT2D eigenvalue weighted by molar-refractivity contribution is -0.131. The van der Waals surface area contributed by atoms with Gasteiger partial charge in [0.2, 0.25) is 0 Å². The zero-order valence-electron chi connectivity index (χ0n) is 9.74. The maximum atomic E-state index is 10.4. The molecule has 3 rings (SSSR count). The number of aromatic nitrogens is 1. The molecule has 0 atom stereocenters. The lowest BCUT2D eigenvalue weighted by Crippen LogP contribution is -1.84. The fourth-order valence-electron chi connectivity index (χ4n) is 1.69. The molecule has 0 fully saturated rings. The molecule has 19 heavy (non-hydrogen) atoms. The molecule has 0 saturated heterocycles. The van der Waals surface area contributed by atoms with E-state index in [1.165, 1.54) is 6.08 Å². The molecule has 5 heteroatoms. The first-order valence-corrected chi connectivity index (χ1v) is 6.41. The van der Waals surface area contributed by atoms with Crippen LogP contribution in [0, 0.1) is 0 Å². The van der Waals surface area contributed by atoms with Crippen molar-refractivity contribution in [2.24, 2.45) is 0 Å². The van der Waals surface area contributed by atoms with E-state index in [0.717, 1.165) is 21.3 Å². The third kappa shape index (κ3) is 2.41. The quantitative estimate of drug-likeness (QED) is 0.738. The number of hydrogen-bond donors (Lipinski definition) is 1. The largest absolute Gasteiger partial charge is 0.478 e. The van der Waals surface area contributed by atoms with Crippen LogP contribution in [0.2, 0.25) is 0 Å². The highest BCUT2D eigenvalue weighted by Gasteiger charge is 2.09. The summed E-state index contributed by atoms with van der Waals surface area (Å²) in [7, 11) is 0. The van der Waals surface area contributed by atoms with E-state index in [1.54, 1.807) is 23.5 Å². The number of aliphatic carboxylic acids is 1. The van der Waals surface area contributed by atoms with Crippen molar-refractivity contribution in [3.8, 4) is 10.8 Å². The van der Waals surface area contributed by atoms with Crippen molar-refractivity contribution < 1.29 is 14.3 Å². The molecule has 0 saturated carbocycles. The summed E-state index contributed by atoms with van der Waals surface area (Å²) >= 11 is 1.54. The topological polar surface area (TPSA) is 63.3 Å². The van der Waals surface area contributed by atoms with Crippen LogP contribution in [-0.2, 0) is 4.79 Å². The normalized spacial score (nSPS) is 11.4. The molecule has 0 unspecified atom stereocenters. The van der Waals surface area contributed by atoms with Gasteiger partial charge in [-0.3, -0.25) is 0 Å². The van der Waals surface area contributed by atoms with E-state index < -0.39 is 5.97 Å². The Morgan fingerprint density at radius 3 is 2.89 bits per heavy atom. The first-order chi connectivity index (χ1) is 9.22. The van der Waals surface area contributed by atoms with Crippen LogP contribution in [0.4, 0.5) is 0 Å². The van der Waals surface area contributed by atoms with Crippen molar-refractivity contribution in [1.82, 2.24) is 4.98 Å². The zero-order valence-corrected chi connectivity index (χ0v) is 10.6. The summed E-state index contributed by atoms with van der Waals surface area (Å²) in [5.41, 5.74) is 0.932. The molecule has 1 N–H and O–H groups in total. The van der Waals surface area contributed by atoms with Crippen molar-refractivity contribution >= 4 is 33.6 Å². The lowest BCUT2D eigenvalue weighted by atomic mass is 10.3. The summed E-state index contributed by atoms with van der Waals surface area (Å²) in [6.07, 6.45) is 2.46. The molecule has 0 radical (unpaired) electrons. The number of hydrogen-bond acceptors (Lipinski definition) is 4. The van der Waals surface area contributed by atoms with Crippen molar-refractivity contribution in [2.75, 3.05) is 0 Å². The Bertz CT molecular complexity index is 737. The first kappa shape index (κ1) is 11.7. The van der Waals surface area contributed by atoms with Crippen molar-refractivity contribution in [1.29, 1.82) is 0 Å². The van der Waals surface area contributed by atoms with Gasteiger partial charge in [-0.05, 0) is 30.3 Å². The molecule has 2 aromatic heterocycles. The number of thiazole rings is 1. The van der Waals surface area contributed by atoms with E-state index in [0.29, 0.717) is 11.5 Å². The summed E-state index contributed by atoms with van der Waals surface area (Å²) in [5.74, 6) is 0.140. The standard InChI is InChI=1S/C14H9NO3S/c16-13(17)8-6-9-5-7-11(18-9)14-15-10-3-1-2-4-12(10)19-14/h1-8H,(H,16,17)/b8-6+. The Labute approximate surface area is 112 Å². The molecule has 3 aromatic rings. The number of fused-ring (bicyclic) bond motifs is 1.